The number of aliphatic hydroxyl groups excluding tert-OH is 1. The van der Waals surface area contributed by atoms with Gasteiger partial charge in [0.1, 0.15) is 5.69 Å². The summed E-state index contributed by atoms with van der Waals surface area (Å²) in [5, 5.41) is 9.53. The summed E-state index contributed by atoms with van der Waals surface area (Å²) in [5.74, 6) is 0.0130. The fraction of sp³-hybridized carbons (Fsp3) is 0.533. The molecule has 108 valence electrons. The molecule has 5 heteroatoms. The smallest absolute Gasteiger partial charge is 0.270 e. The van der Waals surface area contributed by atoms with E-state index in [0.717, 1.165) is 24.8 Å². The zero-order valence-corrected chi connectivity index (χ0v) is 11.7. The molecule has 0 radical (unpaired) electrons. The van der Waals surface area contributed by atoms with Crippen molar-refractivity contribution in [2.75, 3.05) is 19.7 Å². The van der Waals surface area contributed by atoms with Crippen molar-refractivity contribution >= 4 is 17.0 Å². The zero-order chi connectivity index (χ0) is 14.2. The highest BCUT2D eigenvalue weighted by Crippen LogP contribution is 2.34. The Balaban J connectivity index is 1.71. The number of hydrogen-bond acceptors (Lipinski definition) is 3. The predicted molar refractivity (Wildman–Crippen MR) is 75.5 cm³/mol. The maximum Gasteiger partial charge on any atom is 0.270 e. The Labute approximate surface area is 117 Å². The van der Waals surface area contributed by atoms with Gasteiger partial charge in [0.25, 0.3) is 5.91 Å². The van der Waals surface area contributed by atoms with Crippen LogP contribution in [-0.2, 0) is 0 Å². The molecule has 1 aliphatic rings. The molecule has 2 aromatic heterocycles. The monoisotopic (exact) mass is 276 g/mol. The molecule has 1 aliphatic heterocycles. The summed E-state index contributed by atoms with van der Waals surface area (Å²) >= 11 is 0. The third kappa shape index (κ3) is 2.12. The van der Waals surface area contributed by atoms with Crippen molar-refractivity contribution in [3.8, 4) is 0 Å². The number of amides is 1. The SMILES string of the molecule is CCC1(CO)CCN(C(=O)c2cc3occc3[nH]2)CC1. The molecule has 0 bridgehead atoms. The second-order valence-electron chi connectivity index (χ2n) is 5.69. The van der Waals surface area contributed by atoms with E-state index in [2.05, 4.69) is 11.9 Å². The van der Waals surface area contributed by atoms with Crippen molar-refractivity contribution in [2.45, 2.75) is 26.2 Å². The minimum atomic E-state index is 0.000121. The maximum atomic E-state index is 12.4. The number of nitrogens with one attached hydrogen (secondary N) is 1. The summed E-state index contributed by atoms with van der Waals surface area (Å²) in [5.41, 5.74) is 2.14. The fourth-order valence-electron chi connectivity index (χ4n) is 2.94. The molecule has 0 spiro atoms. The number of carbonyl (C=O) groups excluding carboxylic acids is 1. The summed E-state index contributed by atoms with van der Waals surface area (Å²) in [4.78, 5) is 17.4. The Bertz CT molecular complexity index is 571. The quantitative estimate of drug-likeness (QED) is 0.904. The number of hydrogen-bond donors (Lipinski definition) is 2. The lowest BCUT2D eigenvalue weighted by atomic mass is 9.77. The van der Waals surface area contributed by atoms with E-state index >= 15 is 0 Å². The minimum Gasteiger partial charge on any atom is -0.463 e. The van der Waals surface area contributed by atoms with E-state index in [1.807, 2.05) is 11.0 Å². The van der Waals surface area contributed by atoms with Crippen molar-refractivity contribution < 1.29 is 14.3 Å². The van der Waals surface area contributed by atoms with Crippen LogP contribution in [0.5, 0.6) is 0 Å². The van der Waals surface area contributed by atoms with E-state index in [-0.39, 0.29) is 17.9 Å². The van der Waals surface area contributed by atoms with Crippen LogP contribution in [0.1, 0.15) is 36.7 Å². The Kier molecular flexibility index (Phi) is 3.30. The molecule has 2 N–H and O–H groups in total. The Morgan fingerprint density at radius 2 is 2.25 bits per heavy atom. The van der Waals surface area contributed by atoms with Gasteiger partial charge in [-0.3, -0.25) is 4.79 Å². The van der Waals surface area contributed by atoms with Gasteiger partial charge >= 0.3 is 0 Å². The number of fused-ring (bicyclic) bond motifs is 1. The molecule has 1 amide bonds. The molecule has 3 heterocycles. The first-order chi connectivity index (χ1) is 9.67. The third-order valence-electron chi connectivity index (χ3n) is 4.67. The number of nitrogens with zero attached hydrogens (tertiary/aromatic N) is 1. The van der Waals surface area contributed by atoms with Gasteiger partial charge < -0.3 is 19.4 Å². The molecular formula is C15H20N2O3. The largest absolute Gasteiger partial charge is 0.463 e. The van der Waals surface area contributed by atoms with Crippen LogP contribution in [0.15, 0.2) is 22.8 Å². The average molecular weight is 276 g/mol. The standard InChI is InChI=1S/C15H20N2O3/c1-2-15(10-18)4-6-17(7-5-15)14(19)12-9-13-11(16-12)3-8-20-13/h3,8-9,16,18H,2,4-7,10H2,1H3. The van der Waals surface area contributed by atoms with Gasteiger partial charge in [-0.05, 0) is 24.7 Å². The summed E-state index contributed by atoms with van der Waals surface area (Å²) in [6, 6.07) is 3.57. The second-order valence-corrected chi connectivity index (χ2v) is 5.69. The molecule has 2 aromatic rings. The zero-order valence-electron chi connectivity index (χ0n) is 11.7. The van der Waals surface area contributed by atoms with Gasteiger partial charge in [0, 0.05) is 31.8 Å². The predicted octanol–water partition coefficient (Wildman–Crippen LogP) is 2.39. The van der Waals surface area contributed by atoms with Crippen molar-refractivity contribution in [1.82, 2.24) is 9.88 Å². The number of piperidine rings is 1. The normalized spacial score (nSPS) is 18.6. The maximum absolute atomic E-state index is 12.4. The molecule has 20 heavy (non-hydrogen) atoms. The van der Waals surface area contributed by atoms with Crippen LogP contribution in [0.2, 0.25) is 0 Å². The number of aromatic nitrogens is 1. The molecule has 1 saturated heterocycles. The molecule has 0 atom stereocenters. The van der Waals surface area contributed by atoms with Gasteiger partial charge in [-0.25, -0.2) is 0 Å². The summed E-state index contributed by atoms with van der Waals surface area (Å²) in [7, 11) is 0. The van der Waals surface area contributed by atoms with E-state index in [1.165, 1.54) is 0 Å². The van der Waals surface area contributed by atoms with Gasteiger partial charge in [-0.1, -0.05) is 6.92 Å². The Morgan fingerprint density at radius 1 is 1.50 bits per heavy atom. The van der Waals surface area contributed by atoms with Crippen LogP contribution in [-0.4, -0.2) is 40.6 Å². The highest BCUT2D eigenvalue weighted by molar-refractivity contribution is 5.96. The molecular weight excluding hydrogens is 256 g/mol. The summed E-state index contributed by atoms with van der Waals surface area (Å²) in [6.45, 7) is 3.72. The van der Waals surface area contributed by atoms with E-state index in [9.17, 15) is 9.90 Å². The Hall–Kier alpha value is -1.75. The first-order valence-electron chi connectivity index (χ1n) is 7.14. The highest BCUT2D eigenvalue weighted by atomic mass is 16.3. The van der Waals surface area contributed by atoms with Gasteiger partial charge in [0.2, 0.25) is 0 Å². The highest BCUT2D eigenvalue weighted by Gasteiger charge is 2.34. The van der Waals surface area contributed by atoms with Gasteiger partial charge in [0.15, 0.2) is 5.58 Å². The lowest BCUT2D eigenvalue weighted by Crippen LogP contribution is -2.44. The van der Waals surface area contributed by atoms with Crippen LogP contribution in [0.4, 0.5) is 0 Å². The molecule has 5 nitrogen and oxygen atoms in total. The van der Waals surface area contributed by atoms with Crippen LogP contribution in [0, 0.1) is 5.41 Å². The van der Waals surface area contributed by atoms with E-state index in [0.29, 0.717) is 24.4 Å². The number of rotatable bonds is 3. The van der Waals surface area contributed by atoms with Crippen molar-refractivity contribution in [2.24, 2.45) is 5.41 Å². The number of carbonyl (C=O) groups is 1. The lowest BCUT2D eigenvalue weighted by Gasteiger charge is -2.40. The van der Waals surface area contributed by atoms with Gasteiger partial charge in [0.05, 0.1) is 11.8 Å². The van der Waals surface area contributed by atoms with E-state index < -0.39 is 0 Å². The minimum absolute atomic E-state index is 0.000121. The topological polar surface area (TPSA) is 69.5 Å². The third-order valence-corrected chi connectivity index (χ3v) is 4.67. The summed E-state index contributed by atoms with van der Waals surface area (Å²) in [6.07, 6.45) is 4.29. The first kappa shape index (κ1) is 13.2. The Morgan fingerprint density at radius 3 is 2.85 bits per heavy atom. The van der Waals surface area contributed by atoms with Crippen LogP contribution >= 0.6 is 0 Å². The molecule has 0 unspecified atom stereocenters. The molecule has 3 rings (SSSR count). The van der Waals surface area contributed by atoms with Crippen LogP contribution in [0.25, 0.3) is 11.1 Å². The molecule has 0 saturated carbocycles. The van der Waals surface area contributed by atoms with Crippen molar-refractivity contribution in [3.05, 3.63) is 24.1 Å². The fourth-order valence-corrected chi connectivity index (χ4v) is 2.94. The van der Waals surface area contributed by atoms with Crippen molar-refractivity contribution in [1.29, 1.82) is 0 Å². The number of aliphatic hydroxyl groups is 1. The molecule has 1 fully saturated rings. The van der Waals surface area contributed by atoms with Crippen molar-refractivity contribution in [3.63, 3.8) is 0 Å². The van der Waals surface area contributed by atoms with Gasteiger partial charge in [-0.2, -0.15) is 0 Å². The second kappa shape index (κ2) is 4.98. The molecule has 0 aliphatic carbocycles. The first-order valence-corrected chi connectivity index (χ1v) is 7.14. The summed E-state index contributed by atoms with van der Waals surface area (Å²) < 4.78 is 5.27. The number of furan rings is 1. The van der Waals surface area contributed by atoms with E-state index in [4.69, 9.17) is 4.42 Å². The van der Waals surface area contributed by atoms with Crippen LogP contribution < -0.4 is 0 Å². The van der Waals surface area contributed by atoms with Gasteiger partial charge in [-0.15, -0.1) is 0 Å². The number of likely N-dealkylation sites (tertiary alicyclic amines) is 1. The lowest BCUT2D eigenvalue weighted by molar-refractivity contribution is 0.0335. The number of H-pyrrole nitrogens is 1. The molecule has 0 aromatic carbocycles. The average Bonchev–Trinajstić information content (AvgIpc) is 3.08. The van der Waals surface area contributed by atoms with Crippen LogP contribution in [0.3, 0.4) is 0 Å². The van der Waals surface area contributed by atoms with E-state index in [1.54, 1.807) is 12.3 Å². The number of aromatic amines is 1.